The van der Waals surface area contributed by atoms with Crippen LogP contribution in [0.4, 0.5) is 11.6 Å². The van der Waals surface area contributed by atoms with Gasteiger partial charge in [-0.3, -0.25) is 0 Å². The first-order valence-electron chi connectivity index (χ1n) is 6.53. The van der Waals surface area contributed by atoms with Crippen LogP contribution in [0.25, 0.3) is 0 Å². The highest BCUT2D eigenvalue weighted by molar-refractivity contribution is 5.59. The fourth-order valence-corrected chi connectivity index (χ4v) is 2.02. The van der Waals surface area contributed by atoms with Crippen molar-refractivity contribution in [2.75, 3.05) is 23.9 Å². The quantitative estimate of drug-likeness (QED) is 0.600. The highest BCUT2D eigenvalue weighted by Crippen LogP contribution is 2.30. The number of nitrogens with zero attached hydrogens (tertiary/aromatic N) is 3. The summed E-state index contributed by atoms with van der Waals surface area (Å²) in [5.74, 6) is 8.17. The molecule has 102 valence electrons. The summed E-state index contributed by atoms with van der Waals surface area (Å²) >= 11 is 0. The molecule has 1 heterocycles. The summed E-state index contributed by atoms with van der Waals surface area (Å²) in [4.78, 5) is 10.8. The Morgan fingerprint density at radius 3 is 2.50 bits per heavy atom. The molecule has 0 aliphatic heterocycles. The van der Waals surface area contributed by atoms with E-state index in [0.717, 1.165) is 24.3 Å². The van der Waals surface area contributed by atoms with E-state index in [1.807, 2.05) is 0 Å². The second-order valence-electron chi connectivity index (χ2n) is 5.15. The van der Waals surface area contributed by atoms with Gasteiger partial charge in [-0.05, 0) is 11.8 Å². The minimum Gasteiger partial charge on any atom is -0.359 e. The number of rotatable bonds is 6. The number of hydrogen-bond donors (Lipinski definition) is 2. The molecule has 1 aromatic rings. The van der Waals surface area contributed by atoms with E-state index < -0.39 is 0 Å². The molecule has 0 aromatic carbocycles. The Balaban J connectivity index is 3.07. The third-order valence-electron chi connectivity index (χ3n) is 3.22. The average molecular weight is 251 g/mol. The summed E-state index contributed by atoms with van der Waals surface area (Å²) in [7, 11) is 2.07. The molecular formula is C13H25N5. The van der Waals surface area contributed by atoms with Gasteiger partial charge in [0.05, 0.1) is 0 Å². The fourth-order valence-electron chi connectivity index (χ4n) is 2.02. The van der Waals surface area contributed by atoms with Crippen LogP contribution in [0, 0.1) is 5.92 Å². The van der Waals surface area contributed by atoms with Crippen LogP contribution < -0.4 is 16.2 Å². The van der Waals surface area contributed by atoms with E-state index in [0.29, 0.717) is 17.7 Å². The molecule has 0 amide bonds. The maximum absolute atomic E-state index is 5.53. The third-order valence-corrected chi connectivity index (χ3v) is 3.22. The highest BCUT2D eigenvalue weighted by atomic mass is 15.3. The van der Waals surface area contributed by atoms with Crippen LogP contribution in [0.1, 0.15) is 45.6 Å². The molecule has 0 bridgehead atoms. The minimum absolute atomic E-state index is 0.326. The molecule has 0 saturated carbocycles. The van der Waals surface area contributed by atoms with Gasteiger partial charge in [0.2, 0.25) is 0 Å². The molecule has 0 fully saturated rings. The van der Waals surface area contributed by atoms with Crippen molar-refractivity contribution in [2.45, 2.75) is 40.0 Å². The Morgan fingerprint density at radius 2 is 2.00 bits per heavy atom. The summed E-state index contributed by atoms with van der Waals surface area (Å²) in [6, 6.07) is 0. The van der Waals surface area contributed by atoms with Crippen molar-refractivity contribution in [3.63, 3.8) is 0 Å². The van der Waals surface area contributed by atoms with Crippen molar-refractivity contribution in [1.29, 1.82) is 0 Å². The molecule has 5 heteroatoms. The van der Waals surface area contributed by atoms with E-state index in [1.54, 1.807) is 6.33 Å². The second kappa shape index (κ2) is 6.54. The largest absolute Gasteiger partial charge is 0.359 e. The van der Waals surface area contributed by atoms with E-state index in [1.165, 1.54) is 0 Å². The average Bonchev–Trinajstić information content (AvgIpc) is 2.37. The summed E-state index contributed by atoms with van der Waals surface area (Å²) in [6.45, 7) is 9.68. The van der Waals surface area contributed by atoms with Crippen LogP contribution in [0.5, 0.6) is 0 Å². The molecule has 5 nitrogen and oxygen atoms in total. The van der Waals surface area contributed by atoms with Crippen molar-refractivity contribution >= 4 is 11.6 Å². The Kier molecular flexibility index (Phi) is 5.34. The van der Waals surface area contributed by atoms with Gasteiger partial charge < -0.3 is 10.3 Å². The lowest BCUT2D eigenvalue weighted by Gasteiger charge is -2.26. The monoisotopic (exact) mass is 251 g/mol. The number of aromatic nitrogens is 2. The van der Waals surface area contributed by atoms with Crippen LogP contribution in [0.15, 0.2) is 6.33 Å². The van der Waals surface area contributed by atoms with Crippen molar-refractivity contribution in [2.24, 2.45) is 11.8 Å². The summed E-state index contributed by atoms with van der Waals surface area (Å²) in [5, 5.41) is 0. The van der Waals surface area contributed by atoms with E-state index in [4.69, 9.17) is 5.84 Å². The summed E-state index contributed by atoms with van der Waals surface area (Å²) in [5.41, 5.74) is 3.74. The Labute approximate surface area is 110 Å². The predicted molar refractivity (Wildman–Crippen MR) is 76.7 cm³/mol. The van der Waals surface area contributed by atoms with Gasteiger partial charge in [-0.1, -0.05) is 34.1 Å². The molecule has 3 N–H and O–H groups in total. The number of anilines is 2. The molecular weight excluding hydrogens is 226 g/mol. The van der Waals surface area contributed by atoms with Crippen LogP contribution in [-0.4, -0.2) is 23.6 Å². The molecule has 1 unspecified atom stereocenters. The fraction of sp³-hybridized carbons (Fsp3) is 0.692. The molecule has 0 aliphatic rings. The molecule has 0 saturated heterocycles. The van der Waals surface area contributed by atoms with Gasteiger partial charge in [0.1, 0.15) is 18.0 Å². The molecule has 1 aromatic heterocycles. The van der Waals surface area contributed by atoms with Crippen LogP contribution in [0.2, 0.25) is 0 Å². The first kappa shape index (κ1) is 14.7. The smallest absolute Gasteiger partial charge is 0.148 e. The second-order valence-corrected chi connectivity index (χ2v) is 5.15. The standard InChI is InChI=1S/C13H25N5/c1-6-10(4)7-18(5)13-11(9(2)3)12(17-14)15-8-16-13/h8-10H,6-7,14H2,1-5H3,(H,15,16,17). The van der Waals surface area contributed by atoms with Crippen LogP contribution >= 0.6 is 0 Å². The lowest BCUT2D eigenvalue weighted by atomic mass is 10.0. The van der Waals surface area contributed by atoms with Gasteiger partial charge in [0.25, 0.3) is 0 Å². The van der Waals surface area contributed by atoms with Gasteiger partial charge in [-0.15, -0.1) is 0 Å². The Morgan fingerprint density at radius 1 is 1.33 bits per heavy atom. The first-order valence-corrected chi connectivity index (χ1v) is 6.53. The van der Waals surface area contributed by atoms with Gasteiger partial charge in [-0.2, -0.15) is 0 Å². The third kappa shape index (κ3) is 3.32. The van der Waals surface area contributed by atoms with E-state index in [-0.39, 0.29) is 0 Å². The minimum atomic E-state index is 0.326. The summed E-state index contributed by atoms with van der Waals surface area (Å²) in [6.07, 6.45) is 2.72. The number of nitrogen functional groups attached to an aromatic ring is 1. The van der Waals surface area contributed by atoms with E-state index >= 15 is 0 Å². The molecule has 0 spiro atoms. The normalized spacial score (nSPS) is 12.6. The molecule has 0 radical (unpaired) electrons. The lowest BCUT2D eigenvalue weighted by Crippen LogP contribution is -2.27. The number of hydrogen-bond acceptors (Lipinski definition) is 5. The summed E-state index contributed by atoms with van der Waals surface area (Å²) < 4.78 is 0. The number of nitrogens with two attached hydrogens (primary N) is 1. The number of nitrogens with one attached hydrogen (secondary N) is 1. The maximum Gasteiger partial charge on any atom is 0.148 e. The van der Waals surface area contributed by atoms with Crippen molar-refractivity contribution < 1.29 is 0 Å². The molecule has 1 atom stereocenters. The highest BCUT2D eigenvalue weighted by Gasteiger charge is 2.18. The zero-order valence-electron chi connectivity index (χ0n) is 12.1. The molecule has 1 rings (SSSR count). The molecule has 0 aliphatic carbocycles. The molecule has 18 heavy (non-hydrogen) atoms. The van der Waals surface area contributed by atoms with Gasteiger partial charge >= 0.3 is 0 Å². The van der Waals surface area contributed by atoms with Crippen molar-refractivity contribution in [3.05, 3.63) is 11.9 Å². The van der Waals surface area contributed by atoms with Gasteiger partial charge in [0.15, 0.2) is 0 Å². The zero-order valence-corrected chi connectivity index (χ0v) is 12.1. The SMILES string of the molecule is CCC(C)CN(C)c1ncnc(NN)c1C(C)C. The Hall–Kier alpha value is -1.36. The lowest BCUT2D eigenvalue weighted by molar-refractivity contribution is 0.556. The Bertz CT molecular complexity index is 378. The van der Waals surface area contributed by atoms with Crippen molar-refractivity contribution in [1.82, 2.24) is 9.97 Å². The topological polar surface area (TPSA) is 67.1 Å². The van der Waals surface area contributed by atoms with E-state index in [2.05, 4.69) is 55.0 Å². The predicted octanol–water partition coefficient (Wildman–Crippen LogP) is 2.37. The zero-order chi connectivity index (χ0) is 13.7. The van der Waals surface area contributed by atoms with Crippen LogP contribution in [0.3, 0.4) is 0 Å². The number of hydrazine groups is 1. The van der Waals surface area contributed by atoms with Gasteiger partial charge in [-0.25, -0.2) is 15.8 Å². The first-order chi connectivity index (χ1) is 8.51. The maximum atomic E-state index is 5.53. The van der Waals surface area contributed by atoms with E-state index in [9.17, 15) is 0 Å². The van der Waals surface area contributed by atoms with Gasteiger partial charge in [0, 0.05) is 19.2 Å². The van der Waals surface area contributed by atoms with Crippen molar-refractivity contribution in [3.8, 4) is 0 Å². The van der Waals surface area contributed by atoms with Crippen LogP contribution in [-0.2, 0) is 0 Å².